The zero-order chi connectivity index (χ0) is 13.2. The average molecular weight is 239 g/mol. The molecular weight excluding hydrogens is 230 g/mol. The highest BCUT2D eigenvalue weighted by Crippen LogP contribution is 2.27. The number of nitro groups is 1. The number of nitro benzene ring substituents is 1. The van der Waals surface area contributed by atoms with E-state index in [-0.39, 0.29) is 11.1 Å². The number of benzene rings is 1. The quantitative estimate of drug-likeness (QED) is 0.485. The minimum absolute atomic E-state index is 0.286. The maximum atomic E-state index is 11.4. The minimum atomic E-state index is -1.47. The highest BCUT2D eigenvalue weighted by molar-refractivity contribution is 6.02. The van der Waals surface area contributed by atoms with Gasteiger partial charge in [0.2, 0.25) is 0 Å². The van der Waals surface area contributed by atoms with Crippen molar-refractivity contribution >= 4 is 17.6 Å². The Kier molecular flexibility index (Phi) is 3.42. The number of carboxylic acid groups (broad SMARTS) is 1. The SMILES string of the molecule is COC(=O)c1c(C)ccc(C(=O)O)c1[N+](=O)[O-]. The fraction of sp³-hybridized carbons (Fsp3) is 0.200. The highest BCUT2D eigenvalue weighted by atomic mass is 16.6. The number of carboxylic acids is 1. The number of rotatable bonds is 3. The predicted molar refractivity (Wildman–Crippen MR) is 56.1 cm³/mol. The lowest BCUT2D eigenvalue weighted by Crippen LogP contribution is -2.12. The minimum Gasteiger partial charge on any atom is -0.477 e. The molecule has 90 valence electrons. The smallest absolute Gasteiger partial charge is 0.345 e. The van der Waals surface area contributed by atoms with Crippen molar-refractivity contribution in [2.75, 3.05) is 7.11 Å². The third-order valence-corrected chi connectivity index (χ3v) is 2.19. The number of hydrogen-bond donors (Lipinski definition) is 1. The van der Waals surface area contributed by atoms with Crippen molar-refractivity contribution in [2.45, 2.75) is 6.92 Å². The largest absolute Gasteiger partial charge is 0.477 e. The Bertz CT molecular complexity index is 508. The van der Waals surface area contributed by atoms with Gasteiger partial charge >= 0.3 is 11.9 Å². The van der Waals surface area contributed by atoms with Gasteiger partial charge in [0.25, 0.3) is 5.69 Å². The van der Waals surface area contributed by atoms with Gasteiger partial charge < -0.3 is 9.84 Å². The molecule has 0 amide bonds. The second-order valence-electron chi connectivity index (χ2n) is 3.21. The molecule has 1 aromatic carbocycles. The van der Waals surface area contributed by atoms with Gasteiger partial charge in [0.1, 0.15) is 11.1 Å². The molecule has 1 rings (SSSR count). The molecule has 0 fully saturated rings. The Labute approximate surface area is 95.8 Å². The van der Waals surface area contributed by atoms with E-state index in [1.165, 1.54) is 13.0 Å². The summed E-state index contributed by atoms with van der Waals surface area (Å²) in [4.78, 5) is 32.2. The van der Waals surface area contributed by atoms with Gasteiger partial charge in [-0.3, -0.25) is 10.1 Å². The summed E-state index contributed by atoms with van der Waals surface area (Å²) in [5.74, 6) is -2.40. The Hall–Kier alpha value is -2.44. The van der Waals surface area contributed by atoms with Crippen molar-refractivity contribution in [1.82, 2.24) is 0 Å². The van der Waals surface area contributed by atoms with Gasteiger partial charge in [0, 0.05) is 0 Å². The second-order valence-corrected chi connectivity index (χ2v) is 3.21. The predicted octanol–water partition coefficient (Wildman–Crippen LogP) is 1.39. The number of carbonyl (C=O) groups excluding carboxylic acids is 1. The third-order valence-electron chi connectivity index (χ3n) is 2.19. The van der Waals surface area contributed by atoms with Crippen molar-refractivity contribution in [3.63, 3.8) is 0 Å². The first-order valence-electron chi connectivity index (χ1n) is 4.49. The average Bonchev–Trinajstić information content (AvgIpc) is 2.26. The molecule has 0 atom stereocenters. The van der Waals surface area contributed by atoms with Crippen molar-refractivity contribution in [3.8, 4) is 0 Å². The summed E-state index contributed by atoms with van der Waals surface area (Å²) in [5, 5.41) is 19.7. The number of aromatic carboxylic acids is 1. The first kappa shape index (κ1) is 12.6. The molecule has 0 aliphatic carbocycles. The first-order valence-corrected chi connectivity index (χ1v) is 4.49. The summed E-state index contributed by atoms with van der Waals surface area (Å²) < 4.78 is 4.41. The summed E-state index contributed by atoms with van der Waals surface area (Å²) in [6, 6.07) is 2.41. The number of methoxy groups -OCH3 is 1. The van der Waals surface area contributed by atoms with Gasteiger partial charge in [-0.2, -0.15) is 0 Å². The summed E-state index contributed by atoms with van der Waals surface area (Å²) >= 11 is 0. The van der Waals surface area contributed by atoms with Crippen LogP contribution in [0.25, 0.3) is 0 Å². The molecule has 0 aliphatic rings. The van der Waals surface area contributed by atoms with E-state index < -0.39 is 28.1 Å². The van der Waals surface area contributed by atoms with Crippen LogP contribution >= 0.6 is 0 Å². The molecule has 0 aromatic heterocycles. The third kappa shape index (κ3) is 2.22. The van der Waals surface area contributed by atoms with Crippen LogP contribution in [0.5, 0.6) is 0 Å². The Morgan fingerprint density at radius 1 is 1.41 bits per heavy atom. The number of carbonyl (C=O) groups is 2. The van der Waals surface area contributed by atoms with Crippen LogP contribution in [-0.2, 0) is 4.74 Å². The second kappa shape index (κ2) is 4.60. The van der Waals surface area contributed by atoms with Crippen LogP contribution < -0.4 is 0 Å². The van der Waals surface area contributed by atoms with Gasteiger partial charge in [-0.25, -0.2) is 9.59 Å². The van der Waals surface area contributed by atoms with Crippen molar-refractivity contribution in [3.05, 3.63) is 38.9 Å². The van der Waals surface area contributed by atoms with Crippen LogP contribution in [0.15, 0.2) is 12.1 Å². The van der Waals surface area contributed by atoms with Gasteiger partial charge in [0.15, 0.2) is 0 Å². The lowest BCUT2D eigenvalue weighted by molar-refractivity contribution is -0.385. The Balaban J connectivity index is 3.66. The van der Waals surface area contributed by atoms with Crippen LogP contribution in [0.2, 0.25) is 0 Å². The van der Waals surface area contributed by atoms with Crippen LogP contribution in [0, 0.1) is 17.0 Å². The molecule has 7 nitrogen and oxygen atoms in total. The van der Waals surface area contributed by atoms with Crippen LogP contribution in [0.4, 0.5) is 5.69 Å². The highest BCUT2D eigenvalue weighted by Gasteiger charge is 2.30. The summed E-state index contributed by atoms with van der Waals surface area (Å²) in [6.07, 6.45) is 0. The standard InChI is InChI=1S/C10H9NO6/c1-5-3-4-6(9(12)13)8(11(15)16)7(5)10(14)17-2/h3-4H,1-2H3,(H,12,13). The topological polar surface area (TPSA) is 107 Å². The molecule has 0 bridgehead atoms. The van der Waals surface area contributed by atoms with Crippen LogP contribution in [0.3, 0.4) is 0 Å². The molecule has 0 saturated carbocycles. The molecule has 1 N–H and O–H groups in total. The number of hydrogen-bond acceptors (Lipinski definition) is 5. The summed E-state index contributed by atoms with van der Waals surface area (Å²) in [5.41, 5.74) is -1.34. The molecular formula is C10H9NO6. The van der Waals surface area contributed by atoms with E-state index in [1.807, 2.05) is 0 Å². The number of nitrogens with zero attached hydrogens (tertiary/aromatic N) is 1. The molecule has 1 aromatic rings. The van der Waals surface area contributed by atoms with E-state index in [0.29, 0.717) is 0 Å². The lowest BCUT2D eigenvalue weighted by atomic mass is 10.0. The van der Waals surface area contributed by atoms with Crippen LogP contribution in [0.1, 0.15) is 26.3 Å². The Morgan fingerprint density at radius 3 is 2.41 bits per heavy atom. The van der Waals surface area contributed by atoms with E-state index in [1.54, 1.807) is 0 Å². The summed E-state index contributed by atoms with van der Waals surface area (Å²) in [6.45, 7) is 1.46. The molecule has 7 heteroatoms. The summed E-state index contributed by atoms with van der Waals surface area (Å²) in [7, 11) is 1.07. The molecule has 0 unspecified atom stereocenters. The van der Waals surface area contributed by atoms with E-state index in [9.17, 15) is 19.7 Å². The molecule has 17 heavy (non-hydrogen) atoms. The molecule has 0 saturated heterocycles. The maximum absolute atomic E-state index is 11.4. The van der Waals surface area contributed by atoms with Crippen molar-refractivity contribution in [2.24, 2.45) is 0 Å². The normalized spacial score (nSPS) is 9.76. The number of ether oxygens (including phenoxy) is 1. The monoisotopic (exact) mass is 239 g/mol. The molecule has 0 heterocycles. The van der Waals surface area contributed by atoms with Crippen LogP contribution in [-0.4, -0.2) is 29.1 Å². The molecule has 0 aliphatic heterocycles. The zero-order valence-electron chi connectivity index (χ0n) is 9.09. The van der Waals surface area contributed by atoms with E-state index in [2.05, 4.69) is 4.74 Å². The Morgan fingerprint density at radius 2 is 2.00 bits per heavy atom. The van der Waals surface area contributed by atoms with E-state index in [0.717, 1.165) is 13.2 Å². The van der Waals surface area contributed by atoms with Gasteiger partial charge in [0.05, 0.1) is 12.0 Å². The van der Waals surface area contributed by atoms with Crippen molar-refractivity contribution < 1.29 is 24.4 Å². The van der Waals surface area contributed by atoms with Gasteiger partial charge in [-0.1, -0.05) is 6.07 Å². The number of esters is 1. The first-order chi connectivity index (χ1) is 7.90. The van der Waals surface area contributed by atoms with E-state index >= 15 is 0 Å². The lowest BCUT2D eigenvalue weighted by Gasteiger charge is -2.06. The fourth-order valence-electron chi connectivity index (χ4n) is 1.41. The van der Waals surface area contributed by atoms with Gasteiger partial charge in [-0.15, -0.1) is 0 Å². The molecule has 0 spiro atoms. The molecule has 0 radical (unpaired) electrons. The zero-order valence-corrected chi connectivity index (χ0v) is 9.09. The van der Waals surface area contributed by atoms with Gasteiger partial charge in [-0.05, 0) is 18.6 Å². The van der Waals surface area contributed by atoms with E-state index in [4.69, 9.17) is 5.11 Å². The maximum Gasteiger partial charge on any atom is 0.345 e. The fourth-order valence-corrected chi connectivity index (χ4v) is 1.41. The number of aryl methyl sites for hydroxylation is 1. The van der Waals surface area contributed by atoms with Crippen molar-refractivity contribution in [1.29, 1.82) is 0 Å².